The quantitative estimate of drug-likeness (QED) is 0.781. The molecule has 15 heavy (non-hydrogen) atoms. The molecule has 1 aromatic carbocycles. The van der Waals surface area contributed by atoms with Gasteiger partial charge in [-0.3, -0.25) is 0 Å². The third-order valence-electron chi connectivity index (χ3n) is 3.60. The lowest BCUT2D eigenvalue weighted by molar-refractivity contribution is 0.111. The maximum atomic E-state index is 10.3. The molecule has 0 spiro atoms. The van der Waals surface area contributed by atoms with Crippen molar-refractivity contribution in [3.05, 3.63) is 34.9 Å². The minimum atomic E-state index is -0.243. The average molecular weight is 204 g/mol. The molecule has 0 amide bonds. The predicted octanol–water partition coefficient (Wildman–Crippen LogP) is 3.53. The van der Waals surface area contributed by atoms with Gasteiger partial charge in [0.05, 0.1) is 6.10 Å². The van der Waals surface area contributed by atoms with Crippen molar-refractivity contribution in [3.8, 4) is 0 Å². The fourth-order valence-corrected chi connectivity index (χ4v) is 2.61. The first-order chi connectivity index (χ1) is 7.18. The minimum absolute atomic E-state index is 0.243. The van der Waals surface area contributed by atoms with E-state index in [-0.39, 0.29) is 6.10 Å². The molecule has 1 atom stereocenters. The van der Waals surface area contributed by atoms with Crippen molar-refractivity contribution < 1.29 is 5.11 Å². The van der Waals surface area contributed by atoms with Crippen LogP contribution in [0, 0.1) is 19.8 Å². The second-order valence-corrected chi connectivity index (χ2v) is 4.85. The van der Waals surface area contributed by atoms with Crippen LogP contribution in [-0.2, 0) is 0 Å². The van der Waals surface area contributed by atoms with Crippen LogP contribution in [0.4, 0.5) is 0 Å². The normalized spacial score (nSPS) is 19.4. The largest absolute Gasteiger partial charge is 0.388 e. The minimum Gasteiger partial charge on any atom is -0.388 e. The van der Waals surface area contributed by atoms with Gasteiger partial charge in [0.25, 0.3) is 0 Å². The summed E-state index contributed by atoms with van der Waals surface area (Å²) < 4.78 is 0. The van der Waals surface area contributed by atoms with Gasteiger partial charge in [0.2, 0.25) is 0 Å². The van der Waals surface area contributed by atoms with Gasteiger partial charge in [0.1, 0.15) is 0 Å². The smallest absolute Gasteiger partial charge is 0.0820 e. The van der Waals surface area contributed by atoms with Gasteiger partial charge in [-0.1, -0.05) is 36.6 Å². The molecule has 0 saturated heterocycles. The topological polar surface area (TPSA) is 20.2 Å². The zero-order chi connectivity index (χ0) is 10.8. The Morgan fingerprint density at radius 2 is 1.87 bits per heavy atom. The Hall–Kier alpha value is -0.820. The van der Waals surface area contributed by atoms with Crippen LogP contribution < -0.4 is 0 Å². The molecule has 1 aliphatic rings. The first-order valence-electron chi connectivity index (χ1n) is 5.93. The molecule has 2 rings (SSSR count). The van der Waals surface area contributed by atoms with Gasteiger partial charge in [-0.2, -0.15) is 0 Å². The van der Waals surface area contributed by atoms with Crippen LogP contribution in [0.15, 0.2) is 18.2 Å². The SMILES string of the molecule is Cc1ccc(C)c(C(O)C2CCCC2)c1. The van der Waals surface area contributed by atoms with E-state index in [1.54, 1.807) is 0 Å². The average Bonchev–Trinajstić information content (AvgIpc) is 2.74. The fraction of sp³-hybridized carbons (Fsp3) is 0.571. The first-order valence-corrected chi connectivity index (χ1v) is 5.93. The molecule has 1 N–H and O–H groups in total. The first kappa shape index (κ1) is 10.7. The molecule has 1 aliphatic carbocycles. The molecule has 1 nitrogen and oxygen atoms in total. The van der Waals surface area contributed by atoms with Gasteiger partial charge in [-0.15, -0.1) is 0 Å². The molecule has 1 aromatic rings. The Kier molecular flexibility index (Phi) is 3.11. The molecule has 1 fully saturated rings. The number of aryl methyl sites for hydroxylation is 2. The fourth-order valence-electron chi connectivity index (χ4n) is 2.61. The van der Waals surface area contributed by atoms with Crippen molar-refractivity contribution in [2.75, 3.05) is 0 Å². The molecule has 1 saturated carbocycles. The van der Waals surface area contributed by atoms with Crippen LogP contribution >= 0.6 is 0 Å². The molecular formula is C14H20O. The summed E-state index contributed by atoms with van der Waals surface area (Å²) in [6.45, 7) is 4.18. The second-order valence-electron chi connectivity index (χ2n) is 4.85. The van der Waals surface area contributed by atoms with Crippen LogP contribution in [0.25, 0.3) is 0 Å². The maximum absolute atomic E-state index is 10.3. The summed E-state index contributed by atoms with van der Waals surface area (Å²) in [5.41, 5.74) is 3.61. The molecule has 0 aliphatic heterocycles. The Morgan fingerprint density at radius 1 is 1.20 bits per heavy atom. The zero-order valence-electron chi connectivity index (χ0n) is 9.66. The number of aliphatic hydroxyl groups is 1. The van der Waals surface area contributed by atoms with Gasteiger partial charge >= 0.3 is 0 Å². The van der Waals surface area contributed by atoms with E-state index in [1.165, 1.54) is 36.8 Å². The summed E-state index contributed by atoms with van der Waals surface area (Å²) in [6.07, 6.45) is 4.70. The highest BCUT2D eigenvalue weighted by Gasteiger charge is 2.25. The van der Waals surface area contributed by atoms with E-state index >= 15 is 0 Å². The Bertz CT molecular complexity index is 337. The molecule has 0 aromatic heterocycles. The van der Waals surface area contributed by atoms with Crippen LogP contribution in [0.5, 0.6) is 0 Å². The Balaban J connectivity index is 2.23. The monoisotopic (exact) mass is 204 g/mol. The summed E-state index contributed by atoms with van der Waals surface area (Å²) in [5, 5.41) is 10.3. The van der Waals surface area contributed by atoms with E-state index < -0.39 is 0 Å². The van der Waals surface area contributed by atoms with Crippen LogP contribution in [-0.4, -0.2) is 5.11 Å². The van der Waals surface area contributed by atoms with Crippen molar-refractivity contribution >= 4 is 0 Å². The van der Waals surface area contributed by atoms with E-state index in [0.29, 0.717) is 5.92 Å². The highest BCUT2D eigenvalue weighted by atomic mass is 16.3. The third kappa shape index (κ3) is 2.23. The molecule has 1 unspecified atom stereocenters. The number of hydrogen-bond donors (Lipinski definition) is 1. The van der Waals surface area contributed by atoms with Crippen molar-refractivity contribution in [1.29, 1.82) is 0 Å². The van der Waals surface area contributed by atoms with Crippen molar-refractivity contribution in [2.24, 2.45) is 5.92 Å². The lowest BCUT2D eigenvalue weighted by Gasteiger charge is -2.20. The van der Waals surface area contributed by atoms with Gasteiger partial charge in [-0.05, 0) is 43.7 Å². The molecule has 1 heteroatoms. The summed E-state index contributed by atoms with van der Waals surface area (Å²) in [4.78, 5) is 0. The second kappa shape index (κ2) is 4.36. The summed E-state index contributed by atoms with van der Waals surface area (Å²) in [7, 11) is 0. The van der Waals surface area contributed by atoms with Gasteiger partial charge in [0, 0.05) is 0 Å². The van der Waals surface area contributed by atoms with Crippen molar-refractivity contribution in [2.45, 2.75) is 45.6 Å². The highest BCUT2D eigenvalue weighted by molar-refractivity contribution is 5.32. The van der Waals surface area contributed by atoms with E-state index in [0.717, 1.165) is 5.56 Å². The van der Waals surface area contributed by atoms with Gasteiger partial charge in [-0.25, -0.2) is 0 Å². The Labute approximate surface area is 92.1 Å². The van der Waals surface area contributed by atoms with Gasteiger partial charge in [0.15, 0.2) is 0 Å². The number of hydrogen-bond acceptors (Lipinski definition) is 1. The standard InChI is InChI=1S/C14H20O/c1-10-7-8-11(2)13(9-10)14(15)12-5-3-4-6-12/h7-9,12,14-15H,3-6H2,1-2H3. The number of benzene rings is 1. The number of rotatable bonds is 2. The molecule has 0 heterocycles. The van der Waals surface area contributed by atoms with Crippen molar-refractivity contribution in [1.82, 2.24) is 0 Å². The summed E-state index contributed by atoms with van der Waals surface area (Å²) >= 11 is 0. The zero-order valence-corrected chi connectivity index (χ0v) is 9.66. The Morgan fingerprint density at radius 3 is 2.53 bits per heavy atom. The third-order valence-corrected chi connectivity index (χ3v) is 3.60. The van der Waals surface area contributed by atoms with Crippen LogP contribution in [0.1, 0.15) is 48.5 Å². The highest BCUT2D eigenvalue weighted by Crippen LogP contribution is 2.36. The molecule has 82 valence electrons. The molecule has 0 radical (unpaired) electrons. The summed E-state index contributed by atoms with van der Waals surface area (Å²) in [5.74, 6) is 0.491. The predicted molar refractivity (Wildman–Crippen MR) is 62.8 cm³/mol. The van der Waals surface area contributed by atoms with Crippen molar-refractivity contribution in [3.63, 3.8) is 0 Å². The summed E-state index contributed by atoms with van der Waals surface area (Å²) in [6, 6.07) is 6.36. The number of aliphatic hydroxyl groups excluding tert-OH is 1. The van der Waals surface area contributed by atoms with E-state index in [4.69, 9.17) is 0 Å². The van der Waals surface area contributed by atoms with Crippen LogP contribution in [0.3, 0.4) is 0 Å². The van der Waals surface area contributed by atoms with E-state index in [1.807, 2.05) is 0 Å². The van der Waals surface area contributed by atoms with Gasteiger partial charge < -0.3 is 5.11 Å². The van der Waals surface area contributed by atoms with E-state index in [9.17, 15) is 5.11 Å². The van der Waals surface area contributed by atoms with Crippen LogP contribution in [0.2, 0.25) is 0 Å². The molecule has 0 bridgehead atoms. The lowest BCUT2D eigenvalue weighted by Crippen LogP contribution is -2.10. The maximum Gasteiger partial charge on any atom is 0.0820 e. The molecular weight excluding hydrogens is 184 g/mol. The lowest BCUT2D eigenvalue weighted by atomic mass is 9.91. The van der Waals surface area contributed by atoms with E-state index in [2.05, 4.69) is 32.0 Å².